The van der Waals surface area contributed by atoms with Gasteiger partial charge in [-0.15, -0.1) is 0 Å². The van der Waals surface area contributed by atoms with E-state index in [1.807, 2.05) is 47.3 Å². The summed E-state index contributed by atoms with van der Waals surface area (Å²) in [7, 11) is -5.97. The Balaban J connectivity index is 0.984. The monoisotopic (exact) mass is 695 g/mol. The molecule has 3 N–H and O–H groups in total. The number of hydrogen-bond acceptors (Lipinski definition) is 9. The zero-order valence-electron chi connectivity index (χ0n) is 26.7. The summed E-state index contributed by atoms with van der Waals surface area (Å²) in [5.41, 5.74) is 2.36. The molecule has 2 saturated heterocycles. The molecule has 0 saturated carbocycles. The van der Waals surface area contributed by atoms with Gasteiger partial charge in [-0.3, -0.25) is 4.68 Å². The second-order valence-electron chi connectivity index (χ2n) is 12.3. The van der Waals surface area contributed by atoms with Crippen LogP contribution >= 0.6 is 0 Å². The normalized spacial score (nSPS) is 19.0. The Labute approximate surface area is 281 Å². The van der Waals surface area contributed by atoms with Gasteiger partial charge < -0.3 is 19.9 Å². The van der Waals surface area contributed by atoms with Gasteiger partial charge in [0.1, 0.15) is 18.5 Å². The standard InChI is InChI=1S/C34H41N5O7S2/c1-35-47(41,42)32-11-6-10-31(18-32)45-25-30(40)21-36-29-19-34(46-24-29)13-15-39(16-14-34)48(43,44)33-12-5-9-27(17-33)28-20-37-38(23-28)22-26-7-3-2-4-8-26/h2-12,17-18,20,23,29-30,35-36,40H,13-16,19,21-22,24-25H2,1H3. The van der Waals surface area contributed by atoms with Crippen molar-refractivity contribution >= 4 is 20.0 Å². The molecule has 2 aliphatic rings. The number of aliphatic hydroxyl groups is 1. The maximum atomic E-state index is 13.7. The number of nitrogens with one attached hydrogen (secondary N) is 2. The fourth-order valence-electron chi connectivity index (χ4n) is 6.22. The average Bonchev–Trinajstić information content (AvgIpc) is 3.74. The molecule has 12 nitrogen and oxygen atoms in total. The number of ether oxygens (including phenoxy) is 2. The number of aromatic nitrogens is 2. The lowest BCUT2D eigenvalue weighted by atomic mass is 9.88. The third-order valence-electron chi connectivity index (χ3n) is 8.94. The number of aliphatic hydroxyl groups excluding tert-OH is 1. The molecule has 0 bridgehead atoms. The van der Waals surface area contributed by atoms with Gasteiger partial charge in [-0.1, -0.05) is 48.5 Å². The van der Waals surface area contributed by atoms with Crippen molar-refractivity contribution in [2.24, 2.45) is 0 Å². The lowest BCUT2D eigenvalue weighted by molar-refractivity contribution is -0.0312. The van der Waals surface area contributed by atoms with Crippen LogP contribution in [-0.4, -0.2) is 93.7 Å². The molecule has 0 amide bonds. The maximum Gasteiger partial charge on any atom is 0.243 e. The predicted molar refractivity (Wildman–Crippen MR) is 180 cm³/mol. The molecule has 14 heteroatoms. The Morgan fingerprint density at radius 2 is 1.73 bits per heavy atom. The van der Waals surface area contributed by atoms with Gasteiger partial charge >= 0.3 is 0 Å². The first-order valence-corrected chi connectivity index (χ1v) is 18.9. The molecular weight excluding hydrogens is 655 g/mol. The summed E-state index contributed by atoms with van der Waals surface area (Å²) < 4.78 is 69.0. The second kappa shape index (κ2) is 14.5. The molecule has 3 aromatic carbocycles. The number of benzene rings is 3. The van der Waals surface area contributed by atoms with E-state index in [1.165, 1.54) is 23.5 Å². The summed E-state index contributed by atoms with van der Waals surface area (Å²) in [6.07, 6.45) is 4.72. The van der Waals surface area contributed by atoms with Crippen LogP contribution in [0.25, 0.3) is 11.1 Å². The van der Waals surface area contributed by atoms with E-state index in [9.17, 15) is 21.9 Å². The number of nitrogens with zero attached hydrogens (tertiary/aromatic N) is 3. The minimum atomic E-state index is -3.71. The molecule has 2 unspecified atom stereocenters. The van der Waals surface area contributed by atoms with E-state index < -0.39 is 31.8 Å². The summed E-state index contributed by atoms with van der Waals surface area (Å²) in [4.78, 5) is 0.337. The smallest absolute Gasteiger partial charge is 0.243 e. The van der Waals surface area contributed by atoms with Crippen LogP contribution in [0.2, 0.25) is 0 Å². The first kappa shape index (κ1) is 34.2. The van der Waals surface area contributed by atoms with Crippen molar-refractivity contribution in [3.05, 3.63) is 96.8 Å². The van der Waals surface area contributed by atoms with Crippen LogP contribution in [0.3, 0.4) is 0 Å². The van der Waals surface area contributed by atoms with Crippen LogP contribution in [0.1, 0.15) is 24.8 Å². The van der Waals surface area contributed by atoms with Crippen molar-refractivity contribution in [3.8, 4) is 16.9 Å². The Morgan fingerprint density at radius 1 is 0.979 bits per heavy atom. The summed E-state index contributed by atoms with van der Waals surface area (Å²) in [6, 6.07) is 23.1. The van der Waals surface area contributed by atoms with E-state index in [4.69, 9.17) is 9.47 Å². The molecule has 2 fully saturated rings. The maximum absolute atomic E-state index is 13.7. The second-order valence-corrected chi connectivity index (χ2v) is 16.1. The number of piperidine rings is 1. The van der Waals surface area contributed by atoms with Gasteiger partial charge in [-0.2, -0.15) is 9.40 Å². The van der Waals surface area contributed by atoms with Crippen molar-refractivity contribution in [1.29, 1.82) is 0 Å². The van der Waals surface area contributed by atoms with Crippen LogP contribution in [-0.2, 0) is 31.3 Å². The summed E-state index contributed by atoms with van der Waals surface area (Å²) in [5.74, 6) is 0.344. The summed E-state index contributed by atoms with van der Waals surface area (Å²) >= 11 is 0. The molecule has 1 aromatic heterocycles. The molecule has 2 aliphatic heterocycles. The number of hydrogen-bond donors (Lipinski definition) is 3. The highest BCUT2D eigenvalue weighted by atomic mass is 32.2. The van der Waals surface area contributed by atoms with Crippen LogP contribution in [0, 0.1) is 0 Å². The van der Waals surface area contributed by atoms with Gasteiger partial charge in [0.05, 0.1) is 34.7 Å². The van der Waals surface area contributed by atoms with Crippen LogP contribution < -0.4 is 14.8 Å². The highest BCUT2D eigenvalue weighted by Crippen LogP contribution is 2.37. The number of rotatable bonds is 13. The Morgan fingerprint density at radius 3 is 2.50 bits per heavy atom. The minimum absolute atomic E-state index is 0.00592. The van der Waals surface area contributed by atoms with Crippen LogP contribution in [0.5, 0.6) is 5.75 Å². The fraction of sp³-hybridized carbons (Fsp3) is 0.382. The van der Waals surface area contributed by atoms with Gasteiger partial charge in [-0.05, 0) is 61.7 Å². The Hall–Kier alpha value is -3.63. The minimum Gasteiger partial charge on any atom is -0.491 e. The van der Waals surface area contributed by atoms with E-state index >= 15 is 0 Å². The molecule has 2 atom stereocenters. The molecule has 256 valence electrons. The molecule has 4 aromatic rings. The Kier molecular flexibility index (Phi) is 10.3. The van der Waals surface area contributed by atoms with E-state index in [0.29, 0.717) is 51.3 Å². The van der Waals surface area contributed by atoms with Crippen molar-refractivity contribution in [2.75, 3.05) is 39.9 Å². The highest BCUT2D eigenvalue weighted by molar-refractivity contribution is 7.89. The molecule has 48 heavy (non-hydrogen) atoms. The largest absolute Gasteiger partial charge is 0.491 e. The third-order valence-corrected chi connectivity index (χ3v) is 12.2. The lowest BCUT2D eigenvalue weighted by Gasteiger charge is -2.38. The van der Waals surface area contributed by atoms with Crippen LogP contribution in [0.15, 0.2) is 101 Å². The Bertz CT molecular complexity index is 1910. The first-order chi connectivity index (χ1) is 23.0. The summed E-state index contributed by atoms with van der Waals surface area (Å²) in [5, 5.41) is 18.3. The van der Waals surface area contributed by atoms with Gasteiger partial charge in [0.15, 0.2) is 0 Å². The molecular formula is C34H41N5O7S2. The van der Waals surface area contributed by atoms with E-state index in [1.54, 1.807) is 36.5 Å². The van der Waals surface area contributed by atoms with E-state index in [0.717, 1.165) is 16.7 Å². The number of sulfonamides is 2. The highest BCUT2D eigenvalue weighted by Gasteiger charge is 2.44. The molecule has 1 spiro atoms. The zero-order chi connectivity index (χ0) is 33.8. The topological polar surface area (TPSA) is 152 Å². The predicted octanol–water partition coefficient (Wildman–Crippen LogP) is 2.85. The van der Waals surface area contributed by atoms with Crippen LogP contribution in [0.4, 0.5) is 0 Å². The first-order valence-electron chi connectivity index (χ1n) is 15.9. The van der Waals surface area contributed by atoms with E-state index in [2.05, 4.69) is 15.1 Å². The van der Waals surface area contributed by atoms with Gasteiger partial charge in [0.25, 0.3) is 0 Å². The fourth-order valence-corrected chi connectivity index (χ4v) is 8.47. The van der Waals surface area contributed by atoms with Crippen molar-refractivity contribution in [3.63, 3.8) is 0 Å². The molecule has 0 radical (unpaired) electrons. The third kappa shape index (κ3) is 7.97. The van der Waals surface area contributed by atoms with Gasteiger partial charge in [0.2, 0.25) is 20.0 Å². The zero-order valence-corrected chi connectivity index (χ0v) is 28.4. The van der Waals surface area contributed by atoms with Crippen molar-refractivity contribution in [2.45, 2.75) is 53.3 Å². The lowest BCUT2D eigenvalue weighted by Crippen LogP contribution is -2.47. The quantitative estimate of drug-likeness (QED) is 0.192. The molecule has 3 heterocycles. The SMILES string of the molecule is CNS(=O)(=O)c1cccc(OCC(O)CNC2COC3(CCN(S(=O)(=O)c4cccc(-c5cnn(Cc6ccccc6)c5)c4)CC3)C2)c1. The molecule has 0 aliphatic carbocycles. The molecule has 6 rings (SSSR count). The van der Waals surface area contributed by atoms with E-state index in [-0.39, 0.29) is 29.0 Å². The average molecular weight is 696 g/mol. The summed E-state index contributed by atoms with van der Waals surface area (Å²) in [6.45, 7) is 2.05. The van der Waals surface area contributed by atoms with Gasteiger partial charge in [-0.25, -0.2) is 21.6 Å². The van der Waals surface area contributed by atoms with Gasteiger partial charge in [0, 0.05) is 43.5 Å². The van der Waals surface area contributed by atoms with Crippen molar-refractivity contribution < 1.29 is 31.4 Å². The van der Waals surface area contributed by atoms with Crippen molar-refractivity contribution in [1.82, 2.24) is 24.1 Å².